The Morgan fingerprint density at radius 1 is 1.00 bits per heavy atom. The fraction of sp³-hybridized carbons (Fsp3) is 0.333. The van der Waals surface area contributed by atoms with Gasteiger partial charge in [-0.05, 0) is 37.3 Å². The summed E-state index contributed by atoms with van der Waals surface area (Å²) in [6.07, 6.45) is 10.00. The lowest BCUT2D eigenvalue weighted by atomic mass is 9.97. The van der Waals surface area contributed by atoms with Crippen molar-refractivity contribution >= 4 is 0 Å². The summed E-state index contributed by atoms with van der Waals surface area (Å²) < 4.78 is 0. The van der Waals surface area contributed by atoms with Crippen molar-refractivity contribution in [2.24, 2.45) is 0 Å². The quantitative estimate of drug-likeness (QED) is 0.723. The van der Waals surface area contributed by atoms with Gasteiger partial charge in [0.1, 0.15) is 0 Å². The van der Waals surface area contributed by atoms with E-state index in [1.807, 2.05) is 12.3 Å². The minimum absolute atomic E-state index is 0.760. The molecule has 0 radical (unpaired) electrons. The first-order valence-corrected chi connectivity index (χ1v) is 5.55. The maximum absolute atomic E-state index is 4.60. The second-order valence-electron chi connectivity index (χ2n) is 4.00. The van der Waals surface area contributed by atoms with Crippen LogP contribution >= 0.6 is 0 Å². The van der Waals surface area contributed by atoms with Crippen LogP contribution < -0.4 is 0 Å². The molecule has 0 saturated carbocycles. The van der Waals surface area contributed by atoms with E-state index in [1.165, 1.54) is 24.1 Å². The lowest BCUT2D eigenvalue weighted by molar-refractivity contribution is 0.663. The molecule has 0 fully saturated rings. The van der Waals surface area contributed by atoms with Crippen LogP contribution in [-0.2, 0) is 12.8 Å². The molecule has 1 aliphatic rings. The zero-order valence-electron chi connectivity index (χ0n) is 8.93. The molecule has 0 aliphatic heterocycles. The highest BCUT2D eigenvalue weighted by atomic mass is 15.1. The number of hydrogen-bond donors (Lipinski definition) is 0. The Kier molecular flexibility index (Phi) is 2.33. The van der Waals surface area contributed by atoms with E-state index in [1.54, 1.807) is 12.4 Å². The number of fused-ring (bicyclic) bond motifs is 1. The fourth-order valence-electron chi connectivity index (χ4n) is 2.04. The SMILES string of the molecule is c1cc(-c2ncc3c(n2)CCCC3)cnn1. The maximum Gasteiger partial charge on any atom is 0.161 e. The third kappa shape index (κ3) is 1.66. The largest absolute Gasteiger partial charge is 0.236 e. The number of hydrogen-bond acceptors (Lipinski definition) is 4. The molecule has 0 bridgehead atoms. The van der Waals surface area contributed by atoms with Crippen LogP contribution in [0, 0.1) is 0 Å². The van der Waals surface area contributed by atoms with Crippen LogP contribution in [-0.4, -0.2) is 20.2 Å². The van der Waals surface area contributed by atoms with Crippen LogP contribution in [0.25, 0.3) is 11.4 Å². The van der Waals surface area contributed by atoms with E-state index in [0.29, 0.717) is 0 Å². The molecule has 80 valence electrons. The molecule has 0 saturated heterocycles. The van der Waals surface area contributed by atoms with Gasteiger partial charge in [-0.3, -0.25) is 0 Å². The van der Waals surface area contributed by atoms with E-state index in [-0.39, 0.29) is 0 Å². The van der Waals surface area contributed by atoms with Crippen LogP contribution in [0.1, 0.15) is 24.1 Å². The van der Waals surface area contributed by atoms with Crippen molar-refractivity contribution in [1.82, 2.24) is 20.2 Å². The number of nitrogens with zero attached hydrogens (tertiary/aromatic N) is 4. The normalized spacial score (nSPS) is 14.5. The average molecular weight is 212 g/mol. The molecule has 0 atom stereocenters. The molecule has 0 spiro atoms. The van der Waals surface area contributed by atoms with Crippen molar-refractivity contribution in [3.05, 3.63) is 35.9 Å². The van der Waals surface area contributed by atoms with Crippen LogP contribution in [0.5, 0.6) is 0 Å². The summed E-state index contributed by atoms with van der Waals surface area (Å²) in [4.78, 5) is 8.99. The Labute approximate surface area is 93.8 Å². The van der Waals surface area contributed by atoms with Crippen LogP contribution in [0.3, 0.4) is 0 Å². The van der Waals surface area contributed by atoms with E-state index < -0.39 is 0 Å². The summed E-state index contributed by atoms with van der Waals surface area (Å²) in [6.45, 7) is 0. The minimum atomic E-state index is 0.760. The Bertz CT molecular complexity index is 496. The fourth-order valence-corrected chi connectivity index (χ4v) is 2.04. The van der Waals surface area contributed by atoms with Crippen molar-refractivity contribution in [3.63, 3.8) is 0 Å². The molecule has 0 amide bonds. The highest BCUT2D eigenvalue weighted by molar-refractivity contribution is 5.52. The predicted octanol–water partition coefficient (Wildman–Crippen LogP) is 1.81. The Balaban J connectivity index is 2.03. The molecule has 0 unspecified atom stereocenters. The zero-order valence-corrected chi connectivity index (χ0v) is 8.93. The van der Waals surface area contributed by atoms with Gasteiger partial charge in [-0.15, -0.1) is 0 Å². The second-order valence-corrected chi connectivity index (χ2v) is 4.00. The Morgan fingerprint density at radius 2 is 1.94 bits per heavy atom. The van der Waals surface area contributed by atoms with Gasteiger partial charge < -0.3 is 0 Å². The summed E-state index contributed by atoms with van der Waals surface area (Å²) in [5, 5.41) is 7.60. The van der Waals surface area contributed by atoms with E-state index in [4.69, 9.17) is 0 Å². The van der Waals surface area contributed by atoms with E-state index >= 15 is 0 Å². The van der Waals surface area contributed by atoms with Crippen LogP contribution in [0.4, 0.5) is 0 Å². The van der Waals surface area contributed by atoms with Gasteiger partial charge in [-0.25, -0.2) is 9.97 Å². The van der Waals surface area contributed by atoms with Gasteiger partial charge in [0.05, 0.1) is 12.4 Å². The number of rotatable bonds is 1. The molecule has 2 heterocycles. The van der Waals surface area contributed by atoms with Gasteiger partial charge >= 0.3 is 0 Å². The molecule has 4 heteroatoms. The molecule has 1 aliphatic carbocycles. The van der Waals surface area contributed by atoms with Crippen molar-refractivity contribution in [1.29, 1.82) is 0 Å². The number of aromatic nitrogens is 4. The van der Waals surface area contributed by atoms with Gasteiger partial charge in [0.25, 0.3) is 0 Å². The van der Waals surface area contributed by atoms with Gasteiger partial charge in [0, 0.05) is 17.5 Å². The van der Waals surface area contributed by atoms with Crippen LogP contribution in [0.15, 0.2) is 24.7 Å². The van der Waals surface area contributed by atoms with Crippen molar-refractivity contribution in [2.45, 2.75) is 25.7 Å². The van der Waals surface area contributed by atoms with E-state index in [2.05, 4.69) is 20.2 Å². The minimum Gasteiger partial charge on any atom is -0.236 e. The summed E-state index contributed by atoms with van der Waals surface area (Å²) in [5.41, 5.74) is 3.44. The van der Waals surface area contributed by atoms with Gasteiger partial charge in [0.2, 0.25) is 0 Å². The summed E-state index contributed by atoms with van der Waals surface area (Å²) in [7, 11) is 0. The van der Waals surface area contributed by atoms with Gasteiger partial charge in [-0.2, -0.15) is 10.2 Å². The smallest absolute Gasteiger partial charge is 0.161 e. The van der Waals surface area contributed by atoms with Crippen LogP contribution in [0.2, 0.25) is 0 Å². The summed E-state index contributed by atoms with van der Waals surface area (Å²) in [5.74, 6) is 0.760. The molecule has 0 aromatic carbocycles. The summed E-state index contributed by atoms with van der Waals surface area (Å²) in [6, 6.07) is 1.89. The molecule has 2 aromatic rings. The molecule has 2 aromatic heterocycles. The predicted molar refractivity (Wildman–Crippen MR) is 59.7 cm³/mol. The molecular formula is C12H12N4. The second kappa shape index (κ2) is 3.96. The monoisotopic (exact) mass is 212 g/mol. The molecular weight excluding hydrogens is 200 g/mol. The summed E-state index contributed by atoms with van der Waals surface area (Å²) >= 11 is 0. The standard InChI is InChI=1S/C12H12N4/c1-2-4-11-9(3-1)7-13-12(16-11)10-5-6-14-15-8-10/h5-8H,1-4H2. The van der Waals surface area contributed by atoms with Crippen molar-refractivity contribution in [3.8, 4) is 11.4 Å². The van der Waals surface area contributed by atoms with E-state index in [0.717, 1.165) is 24.2 Å². The van der Waals surface area contributed by atoms with Gasteiger partial charge in [-0.1, -0.05) is 0 Å². The third-order valence-electron chi connectivity index (χ3n) is 2.91. The first-order chi connectivity index (χ1) is 7.93. The lowest BCUT2D eigenvalue weighted by Gasteiger charge is -2.14. The first kappa shape index (κ1) is 9.39. The molecule has 4 nitrogen and oxygen atoms in total. The highest BCUT2D eigenvalue weighted by Gasteiger charge is 2.12. The highest BCUT2D eigenvalue weighted by Crippen LogP contribution is 2.21. The average Bonchev–Trinajstić information content (AvgIpc) is 2.39. The van der Waals surface area contributed by atoms with Gasteiger partial charge in [0.15, 0.2) is 5.82 Å². The van der Waals surface area contributed by atoms with E-state index in [9.17, 15) is 0 Å². The molecule has 16 heavy (non-hydrogen) atoms. The topological polar surface area (TPSA) is 51.6 Å². The van der Waals surface area contributed by atoms with Crippen molar-refractivity contribution < 1.29 is 0 Å². The van der Waals surface area contributed by atoms with Crippen molar-refractivity contribution in [2.75, 3.05) is 0 Å². The lowest BCUT2D eigenvalue weighted by Crippen LogP contribution is -2.07. The first-order valence-electron chi connectivity index (χ1n) is 5.55. The molecule has 0 N–H and O–H groups in total. The number of aryl methyl sites for hydroxylation is 2. The Hall–Kier alpha value is -1.84. The Morgan fingerprint density at radius 3 is 2.81 bits per heavy atom. The maximum atomic E-state index is 4.60. The third-order valence-corrected chi connectivity index (χ3v) is 2.91. The molecule has 3 rings (SSSR count). The zero-order chi connectivity index (χ0) is 10.8.